The molecule has 0 aliphatic carbocycles. The Morgan fingerprint density at radius 1 is 1.19 bits per heavy atom. The van der Waals surface area contributed by atoms with Crippen LogP contribution in [0.1, 0.15) is 23.7 Å². The number of carbonyl (C=O) groups excluding carboxylic acids is 1. The van der Waals surface area contributed by atoms with Gasteiger partial charge in [-0.2, -0.15) is 0 Å². The number of H-pyrrole nitrogens is 1. The van der Waals surface area contributed by atoms with Gasteiger partial charge >= 0.3 is 12.3 Å². The van der Waals surface area contributed by atoms with Crippen LogP contribution in [-0.2, 0) is 16.0 Å². The van der Waals surface area contributed by atoms with Gasteiger partial charge in [0.2, 0.25) is 0 Å². The summed E-state index contributed by atoms with van der Waals surface area (Å²) in [5.41, 5.74) is 3.27. The minimum Gasteiger partial charge on any atom is -0.479 e. The van der Waals surface area contributed by atoms with Crippen molar-refractivity contribution in [3.63, 3.8) is 0 Å². The van der Waals surface area contributed by atoms with E-state index < -0.39 is 18.4 Å². The highest BCUT2D eigenvalue weighted by molar-refractivity contribution is 5.86. The van der Waals surface area contributed by atoms with Gasteiger partial charge in [0, 0.05) is 16.6 Å². The molecule has 1 unspecified atom stereocenters. The Hall–Kier alpha value is -3.42. The van der Waals surface area contributed by atoms with Gasteiger partial charge in [0.25, 0.3) is 0 Å². The first kappa shape index (κ1) is 22.3. The Bertz CT molecular complexity index is 1090. The van der Waals surface area contributed by atoms with Crippen LogP contribution in [0.15, 0.2) is 55.1 Å². The molecular formula is C23H22F3NO4. The number of fused-ring (bicyclic) bond motifs is 1. The van der Waals surface area contributed by atoms with Crippen molar-refractivity contribution in [2.45, 2.75) is 32.7 Å². The average molecular weight is 433 g/mol. The molecule has 0 saturated carbocycles. The Morgan fingerprint density at radius 3 is 2.68 bits per heavy atom. The SMILES string of the molecule is C=CCOC(=O)C(C)Oc1cccc(Cc2c(C)[nH]c3ccc(OC(F)(F)F)cc23)c1. The van der Waals surface area contributed by atoms with Crippen LogP contribution in [0.25, 0.3) is 10.9 Å². The molecule has 3 rings (SSSR count). The molecule has 0 aliphatic rings. The molecule has 1 heterocycles. The van der Waals surface area contributed by atoms with E-state index in [9.17, 15) is 18.0 Å². The van der Waals surface area contributed by atoms with E-state index in [4.69, 9.17) is 9.47 Å². The second-order valence-electron chi connectivity index (χ2n) is 6.99. The minimum atomic E-state index is -4.76. The van der Waals surface area contributed by atoms with Gasteiger partial charge in [-0.25, -0.2) is 4.79 Å². The molecule has 2 aromatic carbocycles. The summed E-state index contributed by atoms with van der Waals surface area (Å²) in [6, 6.07) is 11.4. The predicted molar refractivity (Wildman–Crippen MR) is 110 cm³/mol. The molecule has 0 aliphatic heterocycles. The van der Waals surface area contributed by atoms with Crippen LogP contribution in [0.3, 0.4) is 0 Å². The lowest BCUT2D eigenvalue weighted by Crippen LogP contribution is -2.26. The van der Waals surface area contributed by atoms with Crippen molar-refractivity contribution in [3.8, 4) is 11.5 Å². The van der Waals surface area contributed by atoms with Gasteiger partial charge in [-0.1, -0.05) is 24.8 Å². The molecule has 0 radical (unpaired) electrons. The number of nitrogens with one attached hydrogen (secondary N) is 1. The number of halogens is 3. The largest absolute Gasteiger partial charge is 0.573 e. The zero-order chi connectivity index (χ0) is 22.6. The smallest absolute Gasteiger partial charge is 0.479 e. The first-order valence-corrected chi connectivity index (χ1v) is 9.56. The molecule has 1 aromatic heterocycles. The van der Waals surface area contributed by atoms with Crippen molar-refractivity contribution in [3.05, 3.63) is 71.9 Å². The lowest BCUT2D eigenvalue weighted by Gasteiger charge is -2.14. The number of ether oxygens (including phenoxy) is 3. The predicted octanol–water partition coefficient (Wildman–Crippen LogP) is 5.46. The van der Waals surface area contributed by atoms with Gasteiger partial charge in [0.05, 0.1) is 0 Å². The van der Waals surface area contributed by atoms with Crippen LogP contribution in [0, 0.1) is 6.92 Å². The van der Waals surface area contributed by atoms with Crippen LogP contribution in [0.4, 0.5) is 13.2 Å². The summed E-state index contributed by atoms with van der Waals surface area (Å²) >= 11 is 0. The zero-order valence-electron chi connectivity index (χ0n) is 17.1. The molecule has 0 amide bonds. The Balaban J connectivity index is 1.81. The number of hydrogen-bond donors (Lipinski definition) is 1. The number of aryl methyl sites for hydroxylation is 1. The van der Waals surface area contributed by atoms with Crippen molar-refractivity contribution in [2.24, 2.45) is 0 Å². The van der Waals surface area contributed by atoms with E-state index in [0.29, 0.717) is 23.1 Å². The highest BCUT2D eigenvalue weighted by Gasteiger charge is 2.31. The lowest BCUT2D eigenvalue weighted by molar-refractivity contribution is -0.274. The second-order valence-corrected chi connectivity index (χ2v) is 6.99. The monoisotopic (exact) mass is 433 g/mol. The van der Waals surface area contributed by atoms with E-state index in [2.05, 4.69) is 16.3 Å². The Morgan fingerprint density at radius 2 is 1.97 bits per heavy atom. The molecule has 3 aromatic rings. The summed E-state index contributed by atoms with van der Waals surface area (Å²) in [5.74, 6) is -0.293. The molecule has 31 heavy (non-hydrogen) atoms. The number of aromatic amines is 1. The number of esters is 1. The number of benzene rings is 2. The van der Waals surface area contributed by atoms with E-state index in [-0.39, 0.29) is 12.4 Å². The summed E-state index contributed by atoms with van der Waals surface area (Å²) in [7, 11) is 0. The van der Waals surface area contributed by atoms with Gasteiger partial charge in [-0.05, 0) is 61.7 Å². The standard InChI is InChI=1S/C23H22F3NO4/c1-4-10-29-22(28)15(3)30-17-7-5-6-16(11-17)12-19-14(2)27-21-9-8-18(13-20(19)21)31-23(24,25)26/h4-9,11,13,15,27H,1,10,12H2,2-3H3. The lowest BCUT2D eigenvalue weighted by atomic mass is 10.0. The zero-order valence-corrected chi connectivity index (χ0v) is 17.1. The third-order valence-electron chi connectivity index (χ3n) is 4.59. The fraction of sp³-hybridized carbons (Fsp3) is 0.261. The molecule has 0 bridgehead atoms. The van der Waals surface area contributed by atoms with Crippen LogP contribution in [0.2, 0.25) is 0 Å². The number of carbonyl (C=O) groups is 1. The van der Waals surface area contributed by atoms with E-state index in [1.807, 2.05) is 13.0 Å². The minimum absolute atomic E-state index is 0.104. The van der Waals surface area contributed by atoms with E-state index in [1.54, 1.807) is 31.2 Å². The molecule has 0 spiro atoms. The maximum absolute atomic E-state index is 12.6. The van der Waals surface area contributed by atoms with Crippen molar-refractivity contribution in [1.82, 2.24) is 4.98 Å². The molecular weight excluding hydrogens is 411 g/mol. The van der Waals surface area contributed by atoms with E-state index >= 15 is 0 Å². The third-order valence-corrected chi connectivity index (χ3v) is 4.59. The van der Waals surface area contributed by atoms with Crippen molar-refractivity contribution >= 4 is 16.9 Å². The molecule has 164 valence electrons. The van der Waals surface area contributed by atoms with Gasteiger partial charge in [0.15, 0.2) is 6.10 Å². The van der Waals surface area contributed by atoms with Crippen LogP contribution in [-0.4, -0.2) is 30.0 Å². The number of alkyl halides is 3. The average Bonchev–Trinajstić information content (AvgIpc) is 3.00. The molecule has 0 fully saturated rings. The van der Waals surface area contributed by atoms with Gasteiger partial charge < -0.3 is 19.2 Å². The number of rotatable bonds is 8. The van der Waals surface area contributed by atoms with Crippen molar-refractivity contribution in [2.75, 3.05) is 6.61 Å². The van der Waals surface area contributed by atoms with Crippen LogP contribution < -0.4 is 9.47 Å². The molecule has 1 atom stereocenters. The topological polar surface area (TPSA) is 60.5 Å². The van der Waals surface area contributed by atoms with Crippen molar-refractivity contribution in [1.29, 1.82) is 0 Å². The van der Waals surface area contributed by atoms with Gasteiger partial charge in [0.1, 0.15) is 18.1 Å². The summed E-state index contributed by atoms with van der Waals surface area (Å²) in [5, 5.41) is 0.645. The fourth-order valence-electron chi connectivity index (χ4n) is 3.23. The first-order valence-electron chi connectivity index (χ1n) is 9.56. The van der Waals surface area contributed by atoms with E-state index in [0.717, 1.165) is 16.8 Å². The summed E-state index contributed by atoms with van der Waals surface area (Å²) in [6.45, 7) is 7.04. The van der Waals surface area contributed by atoms with Crippen molar-refractivity contribution < 1.29 is 32.2 Å². The molecule has 8 heteroatoms. The molecule has 1 N–H and O–H groups in total. The first-order chi connectivity index (χ1) is 14.7. The van der Waals surface area contributed by atoms with Crippen LogP contribution in [0.5, 0.6) is 11.5 Å². The summed E-state index contributed by atoms with van der Waals surface area (Å²) in [4.78, 5) is 15.1. The normalized spacial score (nSPS) is 12.4. The highest BCUT2D eigenvalue weighted by atomic mass is 19.4. The quantitative estimate of drug-likeness (QED) is 0.378. The molecule has 0 saturated heterocycles. The van der Waals surface area contributed by atoms with Gasteiger partial charge in [-0.15, -0.1) is 13.2 Å². The maximum atomic E-state index is 12.6. The highest BCUT2D eigenvalue weighted by Crippen LogP contribution is 2.31. The number of hydrogen-bond acceptors (Lipinski definition) is 4. The van der Waals surface area contributed by atoms with Crippen LogP contribution >= 0.6 is 0 Å². The van der Waals surface area contributed by atoms with E-state index in [1.165, 1.54) is 18.2 Å². The van der Waals surface area contributed by atoms with Gasteiger partial charge in [-0.3, -0.25) is 0 Å². The third kappa shape index (κ3) is 5.81. The summed E-state index contributed by atoms with van der Waals surface area (Å²) in [6.07, 6.45) is -3.63. The Kier molecular flexibility index (Phi) is 6.58. The number of aromatic nitrogens is 1. The molecule has 5 nitrogen and oxygen atoms in total. The summed E-state index contributed by atoms with van der Waals surface area (Å²) < 4.78 is 52.4. The Labute approximate surface area is 177 Å². The fourth-order valence-corrected chi connectivity index (χ4v) is 3.23. The second kappa shape index (κ2) is 9.16. The maximum Gasteiger partial charge on any atom is 0.573 e.